The summed E-state index contributed by atoms with van der Waals surface area (Å²) in [6.45, 7) is 2.01. The number of rotatable bonds is 5. The SMILES string of the molecule is C#Cc1cccc(N(CC(=O)N2CCOCC2)C(=O)OCc2ccccc2)c1. The molecule has 2 aromatic rings. The van der Waals surface area contributed by atoms with Crippen LogP contribution in [0.25, 0.3) is 0 Å². The van der Waals surface area contributed by atoms with Crippen LogP contribution in [0.4, 0.5) is 10.5 Å². The summed E-state index contributed by atoms with van der Waals surface area (Å²) in [5.74, 6) is 2.38. The number of anilines is 1. The zero-order valence-electron chi connectivity index (χ0n) is 15.5. The predicted octanol–water partition coefficient (Wildman–Crippen LogP) is 2.67. The van der Waals surface area contributed by atoms with Gasteiger partial charge in [-0.2, -0.15) is 0 Å². The van der Waals surface area contributed by atoms with Gasteiger partial charge in [-0.1, -0.05) is 42.3 Å². The van der Waals surface area contributed by atoms with Gasteiger partial charge in [-0.3, -0.25) is 9.69 Å². The van der Waals surface area contributed by atoms with Crippen molar-refractivity contribution in [2.45, 2.75) is 6.61 Å². The Labute approximate surface area is 164 Å². The summed E-state index contributed by atoms with van der Waals surface area (Å²) in [6, 6.07) is 16.3. The third-order valence-corrected chi connectivity index (χ3v) is 4.41. The van der Waals surface area contributed by atoms with Crippen LogP contribution in [-0.4, -0.2) is 49.7 Å². The summed E-state index contributed by atoms with van der Waals surface area (Å²) >= 11 is 0. The summed E-state index contributed by atoms with van der Waals surface area (Å²) in [6.07, 6.45) is 4.88. The first kappa shape index (κ1) is 19.5. The smallest absolute Gasteiger partial charge is 0.415 e. The fourth-order valence-electron chi connectivity index (χ4n) is 2.87. The van der Waals surface area contributed by atoms with E-state index in [1.165, 1.54) is 4.90 Å². The monoisotopic (exact) mass is 378 g/mol. The van der Waals surface area contributed by atoms with E-state index in [1.807, 2.05) is 30.3 Å². The highest BCUT2D eigenvalue weighted by molar-refractivity contribution is 5.95. The van der Waals surface area contributed by atoms with Crippen LogP contribution in [0, 0.1) is 12.3 Å². The van der Waals surface area contributed by atoms with E-state index < -0.39 is 6.09 Å². The minimum absolute atomic E-state index is 0.122. The molecule has 6 heteroatoms. The zero-order valence-corrected chi connectivity index (χ0v) is 15.5. The number of carbonyl (C=O) groups is 2. The maximum absolute atomic E-state index is 12.8. The molecule has 2 aromatic carbocycles. The number of benzene rings is 2. The van der Waals surface area contributed by atoms with Crippen molar-refractivity contribution < 1.29 is 19.1 Å². The number of amides is 2. The first-order valence-electron chi connectivity index (χ1n) is 9.08. The highest BCUT2D eigenvalue weighted by Crippen LogP contribution is 2.18. The lowest BCUT2D eigenvalue weighted by Gasteiger charge is -2.29. The summed E-state index contributed by atoms with van der Waals surface area (Å²) in [5, 5.41) is 0. The van der Waals surface area contributed by atoms with Crippen LogP contribution in [0.15, 0.2) is 54.6 Å². The van der Waals surface area contributed by atoms with Crippen molar-refractivity contribution in [3.63, 3.8) is 0 Å². The number of nitrogens with zero attached hydrogens (tertiary/aromatic N) is 2. The second-order valence-electron chi connectivity index (χ2n) is 6.31. The summed E-state index contributed by atoms with van der Waals surface area (Å²) in [4.78, 5) is 28.5. The lowest BCUT2D eigenvalue weighted by molar-refractivity contribution is -0.133. The molecule has 1 heterocycles. The zero-order chi connectivity index (χ0) is 19.8. The molecular formula is C22H22N2O4. The van der Waals surface area contributed by atoms with Gasteiger partial charge in [-0.25, -0.2) is 4.79 Å². The maximum atomic E-state index is 12.8. The minimum atomic E-state index is -0.598. The largest absolute Gasteiger partial charge is 0.444 e. The van der Waals surface area contributed by atoms with Gasteiger partial charge in [0.15, 0.2) is 0 Å². The molecule has 0 spiro atoms. The van der Waals surface area contributed by atoms with Crippen molar-refractivity contribution in [3.8, 4) is 12.3 Å². The quantitative estimate of drug-likeness (QED) is 0.751. The topological polar surface area (TPSA) is 59.1 Å². The van der Waals surface area contributed by atoms with Gasteiger partial charge in [0, 0.05) is 24.3 Å². The van der Waals surface area contributed by atoms with Crippen molar-refractivity contribution >= 4 is 17.7 Å². The van der Waals surface area contributed by atoms with E-state index in [9.17, 15) is 9.59 Å². The van der Waals surface area contributed by atoms with Crippen LogP contribution in [-0.2, 0) is 20.9 Å². The molecule has 6 nitrogen and oxygen atoms in total. The van der Waals surface area contributed by atoms with E-state index in [1.54, 1.807) is 29.2 Å². The van der Waals surface area contributed by atoms with Crippen molar-refractivity contribution in [2.75, 3.05) is 37.7 Å². The number of terminal acetylenes is 1. The normalized spacial score (nSPS) is 13.5. The maximum Gasteiger partial charge on any atom is 0.415 e. The molecule has 0 radical (unpaired) electrons. The number of carbonyl (C=O) groups excluding carboxylic acids is 2. The fourth-order valence-corrected chi connectivity index (χ4v) is 2.87. The molecular weight excluding hydrogens is 356 g/mol. The van der Waals surface area contributed by atoms with Crippen LogP contribution in [0.3, 0.4) is 0 Å². The van der Waals surface area contributed by atoms with Crippen LogP contribution < -0.4 is 4.90 Å². The lowest BCUT2D eigenvalue weighted by Crippen LogP contribution is -2.47. The third-order valence-electron chi connectivity index (χ3n) is 4.41. The Morgan fingerprint density at radius 1 is 1.11 bits per heavy atom. The highest BCUT2D eigenvalue weighted by Gasteiger charge is 2.25. The van der Waals surface area contributed by atoms with Crippen LogP contribution >= 0.6 is 0 Å². The van der Waals surface area contributed by atoms with Gasteiger partial charge in [-0.05, 0) is 23.8 Å². The van der Waals surface area contributed by atoms with Gasteiger partial charge >= 0.3 is 6.09 Å². The van der Waals surface area contributed by atoms with Gasteiger partial charge < -0.3 is 14.4 Å². The van der Waals surface area contributed by atoms with E-state index in [0.29, 0.717) is 37.6 Å². The van der Waals surface area contributed by atoms with Gasteiger partial charge in [-0.15, -0.1) is 6.42 Å². The van der Waals surface area contributed by atoms with Crippen molar-refractivity contribution in [2.24, 2.45) is 0 Å². The minimum Gasteiger partial charge on any atom is -0.444 e. The molecule has 28 heavy (non-hydrogen) atoms. The van der Waals surface area contributed by atoms with E-state index in [2.05, 4.69) is 5.92 Å². The Hall–Kier alpha value is -3.30. The standard InChI is InChI=1S/C22H22N2O4/c1-2-18-9-6-10-20(15-18)24(16-21(25)23-11-13-27-14-12-23)22(26)28-17-19-7-4-3-5-8-19/h1,3-10,15H,11-14,16-17H2. The van der Waals surface area contributed by atoms with Gasteiger partial charge in [0.25, 0.3) is 0 Å². The molecule has 0 atom stereocenters. The average molecular weight is 378 g/mol. The summed E-state index contributed by atoms with van der Waals surface area (Å²) < 4.78 is 10.7. The molecule has 1 aliphatic rings. The van der Waals surface area contributed by atoms with E-state index >= 15 is 0 Å². The first-order valence-corrected chi connectivity index (χ1v) is 9.08. The molecule has 0 unspecified atom stereocenters. The molecule has 0 N–H and O–H groups in total. The van der Waals surface area contributed by atoms with E-state index in [0.717, 1.165) is 5.56 Å². The highest BCUT2D eigenvalue weighted by atomic mass is 16.6. The molecule has 2 amide bonds. The Morgan fingerprint density at radius 3 is 2.57 bits per heavy atom. The van der Waals surface area contributed by atoms with Gasteiger partial charge in [0.05, 0.1) is 13.2 Å². The lowest BCUT2D eigenvalue weighted by atomic mass is 10.2. The number of hydrogen-bond donors (Lipinski definition) is 0. The van der Waals surface area contributed by atoms with Crippen LogP contribution in [0.2, 0.25) is 0 Å². The second kappa shape index (κ2) is 9.58. The van der Waals surface area contributed by atoms with E-state index in [-0.39, 0.29) is 19.1 Å². The summed E-state index contributed by atoms with van der Waals surface area (Å²) in [5.41, 5.74) is 2.01. The molecule has 144 valence electrons. The number of ether oxygens (including phenoxy) is 2. The van der Waals surface area contributed by atoms with Gasteiger partial charge in [0.1, 0.15) is 13.2 Å². The molecule has 0 aromatic heterocycles. The third kappa shape index (κ3) is 5.12. The van der Waals surface area contributed by atoms with Crippen molar-refractivity contribution in [1.82, 2.24) is 4.90 Å². The van der Waals surface area contributed by atoms with Crippen molar-refractivity contribution in [3.05, 3.63) is 65.7 Å². The first-order chi connectivity index (χ1) is 13.7. The number of morpholine rings is 1. The Kier molecular flexibility index (Phi) is 6.66. The number of hydrogen-bond acceptors (Lipinski definition) is 4. The molecule has 0 bridgehead atoms. The van der Waals surface area contributed by atoms with Gasteiger partial charge in [0.2, 0.25) is 5.91 Å². The molecule has 0 saturated carbocycles. The van der Waals surface area contributed by atoms with Crippen LogP contribution in [0.5, 0.6) is 0 Å². The molecule has 1 aliphatic heterocycles. The second-order valence-corrected chi connectivity index (χ2v) is 6.31. The molecule has 1 saturated heterocycles. The molecule has 3 rings (SSSR count). The molecule has 0 aliphatic carbocycles. The van der Waals surface area contributed by atoms with Crippen molar-refractivity contribution in [1.29, 1.82) is 0 Å². The Morgan fingerprint density at radius 2 is 1.86 bits per heavy atom. The Bertz CT molecular complexity index is 854. The van der Waals surface area contributed by atoms with Crippen LogP contribution in [0.1, 0.15) is 11.1 Å². The molecule has 1 fully saturated rings. The predicted molar refractivity (Wildman–Crippen MR) is 106 cm³/mol. The van der Waals surface area contributed by atoms with E-state index in [4.69, 9.17) is 15.9 Å². The fraction of sp³-hybridized carbons (Fsp3) is 0.273. The average Bonchev–Trinajstić information content (AvgIpc) is 2.77. The summed E-state index contributed by atoms with van der Waals surface area (Å²) in [7, 11) is 0. The Balaban J connectivity index is 1.75.